The Hall–Kier alpha value is -1.90. The van der Waals surface area contributed by atoms with Gasteiger partial charge in [-0.3, -0.25) is 0 Å². The Labute approximate surface area is 165 Å². The van der Waals surface area contributed by atoms with Gasteiger partial charge in [-0.15, -0.1) is 6.42 Å². The van der Waals surface area contributed by atoms with Gasteiger partial charge in [0.2, 0.25) is 5.95 Å². The Balaban J connectivity index is 1.96. The highest BCUT2D eigenvalue weighted by atomic mass is 35.5. The van der Waals surface area contributed by atoms with E-state index in [1.165, 1.54) is 0 Å². The van der Waals surface area contributed by atoms with E-state index in [2.05, 4.69) is 5.92 Å². The van der Waals surface area contributed by atoms with Crippen molar-refractivity contribution in [3.63, 3.8) is 0 Å². The maximum absolute atomic E-state index is 10.2. The number of benzene rings is 2. The molecule has 3 aromatic rings. The molecule has 1 aliphatic heterocycles. The highest BCUT2D eigenvalue weighted by Crippen LogP contribution is 2.40. The second-order valence-corrected chi connectivity index (χ2v) is 7.32. The third-order valence-electron chi connectivity index (χ3n) is 4.51. The minimum absolute atomic E-state index is 0.511. The van der Waals surface area contributed by atoms with Gasteiger partial charge in [-0.05, 0) is 30.7 Å². The van der Waals surface area contributed by atoms with Gasteiger partial charge in [0.15, 0.2) is 0 Å². The molecular weight excluding hydrogens is 393 g/mol. The van der Waals surface area contributed by atoms with Gasteiger partial charge in [0.25, 0.3) is 0 Å². The summed E-state index contributed by atoms with van der Waals surface area (Å²) in [5, 5.41) is 11.9. The molecule has 0 bridgehead atoms. The third-order valence-corrected chi connectivity index (χ3v) is 5.36. The minimum atomic E-state index is -1.02. The number of halogens is 3. The smallest absolute Gasteiger partial charge is 0.211 e. The molecule has 0 amide bonds. The molecule has 7 heteroatoms. The van der Waals surface area contributed by atoms with Crippen LogP contribution in [0, 0.1) is 12.3 Å². The first-order valence-electron chi connectivity index (χ1n) is 8.06. The Morgan fingerprint density at radius 3 is 2.65 bits per heavy atom. The molecule has 1 unspecified atom stereocenters. The number of imidazole rings is 1. The lowest BCUT2D eigenvalue weighted by molar-refractivity contribution is 0.239. The second kappa shape index (κ2) is 6.68. The summed E-state index contributed by atoms with van der Waals surface area (Å²) in [6.45, 7) is 1.51. The van der Waals surface area contributed by atoms with E-state index < -0.39 is 6.10 Å². The molecule has 0 saturated carbocycles. The van der Waals surface area contributed by atoms with Crippen LogP contribution in [0.25, 0.3) is 11.0 Å². The zero-order chi connectivity index (χ0) is 18.4. The average molecular weight is 407 g/mol. The number of hydrogen-bond donors (Lipinski definition) is 1. The van der Waals surface area contributed by atoms with Crippen molar-refractivity contribution in [3.05, 3.63) is 51.0 Å². The number of hydrogen-bond acceptors (Lipinski definition) is 3. The third kappa shape index (κ3) is 2.72. The standard InChI is InChI=1S/C19H14Cl3N3O/c1-2-16(26)12-5-6-13(21)17-18(12)25-9-3-8-24(19(25)23-17)15-7-4-11(20)10-14(15)22/h1,4-7,10,16,26H,3,8-9H2. The fourth-order valence-corrected chi connectivity index (χ4v) is 4.07. The Morgan fingerprint density at radius 2 is 1.92 bits per heavy atom. The molecule has 4 nitrogen and oxygen atoms in total. The summed E-state index contributed by atoms with van der Waals surface area (Å²) in [5.41, 5.74) is 2.82. The largest absolute Gasteiger partial charge is 0.376 e. The van der Waals surface area contributed by atoms with Gasteiger partial charge < -0.3 is 14.6 Å². The van der Waals surface area contributed by atoms with Gasteiger partial charge in [-0.2, -0.15) is 0 Å². The van der Waals surface area contributed by atoms with Gasteiger partial charge >= 0.3 is 0 Å². The van der Waals surface area contributed by atoms with E-state index in [0.29, 0.717) is 32.1 Å². The molecule has 0 spiro atoms. The topological polar surface area (TPSA) is 41.3 Å². The molecule has 0 aliphatic carbocycles. The molecule has 1 aromatic heterocycles. The molecular formula is C19H14Cl3N3O. The normalized spacial score (nSPS) is 15.0. The predicted molar refractivity (Wildman–Crippen MR) is 107 cm³/mol. The quantitative estimate of drug-likeness (QED) is 0.594. The molecule has 1 N–H and O–H groups in total. The molecule has 26 heavy (non-hydrogen) atoms. The number of rotatable bonds is 2. The highest BCUT2D eigenvalue weighted by molar-refractivity contribution is 6.36. The maximum atomic E-state index is 10.2. The molecule has 0 radical (unpaired) electrons. The van der Waals surface area contributed by atoms with E-state index >= 15 is 0 Å². The van der Waals surface area contributed by atoms with E-state index in [-0.39, 0.29) is 0 Å². The van der Waals surface area contributed by atoms with Gasteiger partial charge in [0.05, 0.1) is 21.2 Å². The molecule has 2 heterocycles. The van der Waals surface area contributed by atoms with Crippen LogP contribution in [0.1, 0.15) is 18.1 Å². The van der Waals surface area contributed by atoms with Crippen LogP contribution in [-0.4, -0.2) is 21.2 Å². The van der Waals surface area contributed by atoms with E-state index in [4.69, 9.17) is 46.2 Å². The Morgan fingerprint density at radius 1 is 1.12 bits per heavy atom. The number of fused-ring (bicyclic) bond motifs is 3. The molecule has 4 rings (SSSR count). The molecule has 0 fully saturated rings. The number of aryl methyl sites for hydroxylation is 1. The van der Waals surface area contributed by atoms with Crippen molar-refractivity contribution in [1.82, 2.24) is 9.55 Å². The van der Waals surface area contributed by atoms with Crippen molar-refractivity contribution in [1.29, 1.82) is 0 Å². The number of aromatic nitrogens is 2. The summed E-state index contributed by atoms with van der Waals surface area (Å²) in [6, 6.07) is 8.83. The lowest BCUT2D eigenvalue weighted by Gasteiger charge is -2.30. The van der Waals surface area contributed by atoms with Crippen LogP contribution in [0.5, 0.6) is 0 Å². The first-order chi connectivity index (χ1) is 12.5. The van der Waals surface area contributed by atoms with E-state index in [0.717, 1.165) is 30.7 Å². The molecule has 132 valence electrons. The second-order valence-electron chi connectivity index (χ2n) is 6.07. The minimum Gasteiger partial charge on any atom is -0.376 e. The summed E-state index contributed by atoms with van der Waals surface area (Å²) >= 11 is 18.8. The van der Waals surface area contributed by atoms with Crippen molar-refractivity contribution in [2.75, 3.05) is 11.4 Å². The van der Waals surface area contributed by atoms with Crippen LogP contribution in [0.2, 0.25) is 15.1 Å². The van der Waals surface area contributed by atoms with Gasteiger partial charge in [0.1, 0.15) is 11.6 Å². The Kier molecular flexibility index (Phi) is 4.50. The number of aliphatic hydroxyl groups is 1. The van der Waals surface area contributed by atoms with Crippen LogP contribution < -0.4 is 4.90 Å². The number of terminal acetylenes is 1. The van der Waals surface area contributed by atoms with Crippen molar-refractivity contribution in [3.8, 4) is 12.3 Å². The van der Waals surface area contributed by atoms with Crippen molar-refractivity contribution in [2.24, 2.45) is 0 Å². The predicted octanol–water partition coefficient (Wildman–Crippen LogP) is 5.20. The van der Waals surface area contributed by atoms with Crippen molar-refractivity contribution in [2.45, 2.75) is 19.1 Å². The number of nitrogens with zero attached hydrogens (tertiary/aromatic N) is 3. The van der Waals surface area contributed by atoms with Gasteiger partial charge in [0, 0.05) is 23.7 Å². The summed E-state index contributed by atoms with van der Waals surface area (Å²) in [4.78, 5) is 6.77. The van der Waals surface area contributed by atoms with Crippen LogP contribution in [0.15, 0.2) is 30.3 Å². The Bertz CT molecular complexity index is 1050. The molecule has 2 aromatic carbocycles. The van der Waals surface area contributed by atoms with Gasteiger partial charge in [-0.1, -0.05) is 46.8 Å². The fourth-order valence-electron chi connectivity index (χ4n) is 3.36. The average Bonchev–Trinajstić information content (AvgIpc) is 3.02. The van der Waals surface area contributed by atoms with Crippen LogP contribution in [-0.2, 0) is 6.54 Å². The maximum Gasteiger partial charge on any atom is 0.211 e. The first-order valence-corrected chi connectivity index (χ1v) is 9.20. The van der Waals surface area contributed by atoms with E-state index in [1.807, 2.05) is 15.5 Å². The van der Waals surface area contributed by atoms with Gasteiger partial charge in [-0.25, -0.2) is 4.98 Å². The zero-order valence-electron chi connectivity index (χ0n) is 13.6. The SMILES string of the molecule is C#CC(O)c1ccc(Cl)c2nc3n(c12)CCCN3c1ccc(Cl)cc1Cl. The van der Waals surface area contributed by atoms with Crippen LogP contribution in [0.4, 0.5) is 11.6 Å². The lowest BCUT2D eigenvalue weighted by atomic mass is 10.1. The molecule has 0 saturated heterocycles. The van der Waals surface area contributed by atoms with Crippen LogP contribution >= 0.6 is 34.8 Å². The summed E-state index contributed by atoms with van der Waals surface area (Å²) in [5.74, 6) is 3.09. The van der Waals surface area contributed by atoms with Crippen LogP contribution in [0.3, 0.4) is 0 Å². The van der Waals surface area contributed by atoms with Crippen molar-refractivity contribution >= 4 is 57.5 Å². The molecule has 1 aliphatic rings. The molecule has 1 atom stereocenters. The van der Waals surface area contributed by atoms with E-state index in [1.54, 1.807) is 24.3 Å². The summed E-state index contributed by atoms with van der Waals surface area (Å²) < 4.78 is 2.03. The number of anilines is 2. The highest BCUT2D eigenvalue weighted by Gasteiger charge is 2.27. The summed E-state index contributed by atoms with van der Waals surface area (Å²) in [6.07, 6.45) is 5.29. The summed E-state index contributed by atoms with van der Waals surface area (Å²) in [7, 11) is 0. The fraction of sp³-hybridized carbons (Fsp3) is 0.211. The van der Waals surface area contributed by atoms with E-state index in [9.17, 15) is 5.11 Å². The number of aliphatic hydroxyl groups excluding tert-OH is 1. The monoisotopic (exact) mass is 405 g/mol. The van der Waals surface area contributed by atoms with Crippen molar-refractivity contribution < 1.29 is 5.11 Å². The lowest BCUT2D eigenvalue weighted by Crippen LogP contribution is -2.28. The first kappa shape index (κ1) is 17.5. The zero-order valence-corrected chi connectivity index (χ0v) is 15.9.